The van der Waals surface area contributed by atoms with E-state index in [4.69, 9.17) is 5.26 Å². The van der Waals surface area contributed by atoms with Crippen LogP contribution in [0.4, 0.5) is 4.39 Å². The molecule has 0 radical (unpaired) electrons. The molecular weight excluding hydrogens is 373 g/mol. The molecular formula is C26H34FN3. The maximum atomic E-state index is 13.8. The third-order valence-corrected chi connectivity index (χ3v) is 6.57. The maximum absolute atomic E-state index is 13.8. The SMILES string of the molecule is CCCCCCCCC[C@H]1CC[C@H](c2ccc(-c3ncc(C#N)c(F)n3)cc2)CC1. The zero-order valence-electron chi connectivity index (χ0n) is 18.2. The number of rotatable bonds is 10. The molecule has 3 rings (SSSR count). The Labute approximate surface area is 180 Å². The van der Waals surface area contributed by atoms with Crippen molar-refractivity contribution in [3.63, 3.8) is 0 Å². The van der Waals surface area contributed by atoms with E-state index in [0.717, 1.165) is 11.5 Å². The Morgan fingerprint density at radius 2 is 1.63 bits per heavy atom. The number of hydrogen-bond acceptors (Lipinski definition) is 3. The molecule has 2 aromatic rings. The van der Waals surface area contributed by atoms with Gasteiger partial charge in [0.1, 0.15) is 11.6 Å². The highest BCUT2D eigenvalue weighted by Gasteiger charge is 2.22. The molecule has 3 nitrogen and oxygen atoms in total. The molecule has 1 fully saturated rings. The summed E-state index contributed by atoms with van der Waals surface area (Å²) >= 11 is 0. The molecule has 0 spiro atoms. The highest BCUT2D eigenvalue weighted by molar-refractivity contribution is 5.55. The van der Waals surface area contributed by atoms with Crippen LogP contribution in [0.1, 0.15) is 101 Å². The number of benzene rings is 1. The molecule has 1 aromatic carbocycles. The second-order valence-electron chi connectivity index (χ2n) is 8.76. The van der Waals surface area contributed by atoms with Crippen LogP contribution in [-0.4, -0.2) is 9.97 Å². The van der Waals surface area contributed by atoms with E-state index < -0.39 is 5.95 Å². The Morgan fingerprint density at radius 3 is 2.27 bits per heavy atom. The highest BCUT2D eigenvalue weighted by Crippen LogP contribution is 2.38. The standard InChI is InChI=1S/C26H34FN3/c1-2-3-4-5-6-7-8-9-20-10-12-21(13-11-20)22-14-16-23(17-15-22)26-29-19-24(18-28)25(27)30-26/h14-17,19-21H,2-13H2,1H3/t20-,21-. The molecule has 1 aliphatic carbocycles. The van der Waals surface area contributed by atoms with Gasteiger partial charge in [-0.05, 0) is 43.1 Å². The van der Waals surface area contributed by atoms with E-state index in [1.54, 1.807) is 6.07 Å². The van der Waals surface area contributed by atoms with E-state index in [-0.39, 0.29) is 5.56 Å². The van der Waals surface area contributed by atoms with E-state index in [1.165, 1.54) is 88.8 Å². The van der Waals surface area contributed by atoms with E-state index in [9.17, 15) is 4.39 Å². The van der Waals surface area contributed by atoms with Crippen LogP contribution in [0.15, 0.2) is 30.5 Å². The summed E-state index contributed by atoms with van der Waals surface area (Å²) in [5.74, 6) is 1.11. The molecule has 0 saturated heterocycles. The predicted molar refractivity (Wildman–Crippen MR) is 119 cm³/mol. The van der Waals surface area contributed by atoms with Gasteiger partial charge in [-0.2, -0.15) is 14.6 Å². The Kier molecular flexibility index (Phi) is 8.81. The first kappa shape index (κ1) is 22.4. The average Bonchev–Trinajstić information content (AvgIpc) is 2.79. The molecule has 0 aliphatic heterocycles. The van der Waals surface area contributed by atoms with Crippen molar-refractivity contribution in [1.82, 2.24) is 9.97 Å². The third kappa shape index (κ3) is 6.36. The van der Waals surface area contributed by atoms with Crippen molar-refractivity contribution < 1.29 is 4.39 Å². The Morgan fingerprint density at radius 1 is 0.967 bits per heavy atom. The van der Waals surface area contributed by atoms with Crippen molar-refractivity contribution >= 4 is 0 Å². The minimum atomic E-state index is -0.758. The van der Waals surface area contributed by atoms with Gasteiger partial charge < -0.3 is 0 Å². The number of aromatic nitrogens is 2. The summed E-state index contributed by atoms with van der Waals surface area (Å²) in [4.78, 5) is 7.94. The smallest absolute Gasteiger partial charge is 0.234 e. The van der Waals surface area contributed by atoms with Crippen molar-refractivity contribution in [2.75, 3.05) is 0 Å². The van der Waals surface area contributed by atoms with Crippen molar-refractivity contribution in [1.29, 1.82) is 5.26 Å². The lowest BCUT2D eigenvalue weighted by molar-refractivity contribution is 0.302. The molecule has 0 amide bonds. The topological polar surface area (TPSA) is 49.6 Å². The highest BCUT2D eigenvalue weighted by atomic mass is 19.1. The molecule has 4 heteroatoms. The fraction of sp³-hybridized carbons (Fsp3) is 0.577. The van der Waals surface area contributed by atoms with E-state index >= 15 is 0 Å². The fourth-order valence-electron chi connectivity index (χ4n) is 4.65. The van der Waals surface area contributed by atoms with Gasteiger partial charge >= 0.3 is 0 Å². The van der Waals surface area contributed by atoms with Crippen molar-refractivity contribution in [2.45, 2.75) is 89.9 Å². The number of nitrogens with zero attached hydrogens (tertiary/aromatic N) is 3. The van der Waals surface area contributed by atoms with Crippen molar-refractivity contribution in [2.24, 2.45) is 5.92 Å². The fourth-order valence-corrected chi connectivity index (χ4v) is 4.65. The van der Waals surface area contributed by atoms with Crippen LogP contribution >= 0.6 is 0 Å². The van der Waals surface area contributed by atoms with Gasteiger partial charge in [-0.3, -0.25) is 0 Å². The zero-order valence-corrected chi connectivity index (χ0v) is 18.2. The Hall–Kier alpha value is -2.28. The Bertz CT molecular complexity index is 817. The minimum Gasteiger partial charge on any atom is -0.235 e. The number of hydrogen-bond donors (Lipinski definition) is 0. The quantitative estimate of drug-likeness (QED) is 0.301. The van der Waals surface area contributed by atoms with Crippen LogP contribution in [-0.2, 0) is 0 Å². The van der Waals surface area contributed by atoms with Gasteiger partial charge in [0.2, 0.25) is 5.95 Å². The summed E-state index contributed by atoms with van der Waals surface area (Å²) in [6, 6.07) is 9.97. The number of nitriles is 1. The summed E-state index contributed by atoms with van der Waals surface area (Å²) in [6.07, 6.45) is 17.6. The van der Waals surface area contributed by atoms with Gasteiger partial charge in [0.05, 0.1) is 6.20 Å². The summed E-state index contributed by atoms with van der Waals surface area (Å²) in [5.41, 5.74) is 2.03. The zero-order chi connectivity index (χ0) is 21.2. The molecule has 1 aliphatic rings. The molecule has 30 heavy (non-hydrogen) atoms. The van der Waals surface area contributed by atoms with Gasteiger partial charge in [0, 0.05) is 5.56 Å². The van der Waals surface area contributed by atoms with Crippen molar-refractivity contribution in [3.05, 3.63) is 47.5 Å². The van der Waals surface area contributed by atoms with Gasteiger partial charge in [0.15, 0.2) is 5.82 Å². The maximum Gasteiger partial charge on any atom is 0.234 e. The van der Waals surface area contributed by atoms with E-state index in [0.29, 0.717) is 11.7 Å². The average molecular weight is 408 g/mol. The van der Waals surface area contributed by atoms with Gasteiger partial charge in [-0.1, -0.05) is 82.6 Å². The molecule has 0 unspecified atom stereocenters. The normalized spacial score (nSPS) is 18.8. The summed E-state index contributed by atoms with van der Waals surface area (Å²) in [5, 5.41) is 8.81. The second kappa shape index (κ2) is 11.8. The summed E-state index contributed by atoms with van der Waals surface area (Å²) in [7, 11) is 0. The first-order chi connectivity index (χ1) is 14.7. The van der Waals surface area contributed by atoms with Crippen LogP contribution in [0.3, 0.4) is 0 Å². The molecule has 1 aromatic heterocycles. The Balaban J connectivity index is 1.43. The number of halogens is 1. The van der Waals surface area contributed by atoms with Gasteiger partial charge in [-0.15, -0.1) is 0 Å². The third-order valence-electron chi connectivity index (χ3n) is 6.57. The molecule has 1 heterocycles. The number of unbranched alkanes of at least 4 members (excludes halogenated alkanes) is 6. The molecule has 1 saturated carbocycles. The minimum absolute atomic E-state index is 0.122. The lowest BCUT2D eigenvalue weighted by Gasteiger charge is -2.29. The first-order valence-corrected chi connectivity index (χ1v) is 11.7. The van der Waals surface area contributed by atoms with Crippen LogP contribution in [0.2, 0.25) is 0 Å². The largest absolute Gasteiger partial charge is 0.235 e. The van der Waals surface area contributed by atoms with Crippen LogP contribution in [0.5, 0.6) is 0 Å². The second-order valence-corrected chi connectivity index (χ2v) is 8.76. The lowest BCUT2D eigenvalue weighted by atomic mass is 9.77. The molecule has 0 N–H and O–H groups in total. The lowest BCUT2D eigenvalue weighted by Crippen LogP contribution is -2.13. The monoisotopic (exact) mass is 407 g/mol. The van der Waals surface area contributed by atoms with Crippen LogP contribution in [0.25, 0.3) is 11.4 Å². The summed E-state index contributed by atoms with van der Waals surface area (Å²) < 4.78 is 13.8. The van der Waals surface area contributed by atoms with Gasteiger partial charge in [0.25, 0.3) is 0 Å². The van der Waals surface area contributed by atoms with Gasteiger partial charge in [-0.25, -0.2) is 4.98 Å². The summed E-state index contributed by atoms with van der Waals surface area (Å²) in [6.45, 7) is 2.27. The molecule has 0 atom stereocenters. The van der Waals surface area contributed by atoms with Crippen molar-refractivity contribution in [3.8, 4) is 17.5 Å². The van der Waals surface area contributed by atoms with E-state index in [1.807, 2.05) is 12.1 Å². The molecule has 160 valence electrons. The van der Waals surface area contributed by atoms with Crippen LogP contribution < -0.4 is 0 Å². The van der Waals surface area contributed by atoms with E-state index in [2.05, 4.69) is 29.0 Å². The molecule has 0 bridgehead atoms. The first-order valence-electron chi connectivity index (χ1n) is 11.7. The predicted octanol–water partition coefficient (Wildman–Crippen LogP) is 7.57. The van der Waals surface area contributed by atoms with Crippen LogP contribution in [0, 0.1) is 23.2 Å².